The third kappa shape index (κ3) is 5.34. The molecule has 0 aliphatic heterocycles. The summed E-state index contributed by atoms with van der Waals surface area (Å²) in [5, 5.41) is 19.5. The number of rotatable bonds is 10. The Balaban J connectivity index is 1.47. The van der Waals surface area contributed by atoms with Gasteiger partial charge in [0.15, 0.2) is 0 Å². The molecule has 0 N–H and O–H groups in total. The first kappa shape index (κ1) is 26.0. The van der Waals surface area contributed by atoms with Gasteiger partial charge < -0.3 is 4.74 Å². The molecule has 2 aromatic carbocycles. The summed E-state index contributed by atoms with van der Waals surface area (Å²) in [5.41, 5.74) is 4.41. The maximum Gasteiger partial charge on any atom is 0.311 e. The highest BCUT2D eigenvalue weighted by molar-refractivity contribution is 5.74. The number of carbonyl (C=O) groups excluding carboxylic acids is 1. The lowest BCUT2D eigenvalue weighted by Gasteiger charge is -2.53. The number of esters is 1. The van der Waals surface area contributed by atoms with Gasteiger partial charge >= 0.3 is 5.97 Å². The summed E-state index contributed by atoms with van der Waals surface area (Å²) in [4.78, 5) is 12.1. The molecule has 0 aromatic heterocycles. The molecule has 0 heterocycles. The lowest BCUT2D eigenvalue weighted by molar-refractivity contribution is -0.134. The Morgan fingerprint density at radius 3 is 2.33 bits per heavy atom. The van der Waals surface area contributed by atoms with Crippen molar-refractivity contribution in [3.05, 3.63) is 64.2 Å². The van der Waals surface area contributed by atoms with E-state index in [0.717, 1.165) is 36.7 Å². The molecule has 3 saturated carbocycles. The zero-order valence-corrected chi connectivity index (χ0v) is 21.8. The third-order valence-electron chi connectivity index (χ3n) is 8.68. The van der Waals surface area contributed by atoms with E-state index in [9.17, 15) is 15.3 Å². The van der Waals surface area contributed by atoms with Crippen molar-refractivity contribution in [1.82, 2.24) is 0 Å². The van der Waals surface area contributed by atoms with E-state index in [2.05, 4.69) is 43.3 Å². The number of hydrogen-bond acceptors (Lipinski definition) is 4. The van der Waals surface area contributed by atoms with Crippen LogP contribution in [-0.2, 0) is 23.1 Å². The van der Waals surface area contributed by atoms with E-state index in [1.54, 1.807) is 6.07 Å². The minimum Gasteiger partial charge on any atom is -0.425 e. The van der Waals surface area contributed by atoms with Crippen LogP contribution in [-0.4, -0.2) is 5.97 Å². The number of hydrogen-bond donors (Lipinski definition) is 0. The minimum atomic E-state index is -0.364. The van der Waals surface area contributed by atoms with Crippen LogP contribution in [0.1, 0.15) is 106 Å². The number of benzene rings is 2. The number of carbonyl (C=O) groups is 1. The van der Waals surface area contributed by atoms with E-state index in [-0.39, 0.29) is 17.3 Å². The standard InChI is InChI=1S/C32H38N2O2/c1-3-5-7-31(35)36-30-15-12-25(28(21-33)29(30)22-34)11-8-23-9-13-26(14-10-23)32-18-16-24(17-19-32)20-27(32)6-4-2/h9-10,12-15,24,27H,3-8,11,16-20H2,1-2H3. The fourth-order valence-corrected chi connectivity index (χ4v) is 6.67. The van der Waals surface area contributed by atoms with Crippen molar-refractivity contribution >= 4 is 5.97 Å². The molecule has 188 valence electrons. The summed E-state index contributed by atoms with van der Waals surface area (Å²) in [6.45, 7) is 4.32. The molecular formula is C32H38N2O2. The van der Waals surface area contributed by atoms with E-state index >= 15 is 0 Å². The predicted molar refractivity (Wildman–Crippen MR) is 142 cm³/mol. The van der Waals surface area contributed by atoms with E-state index in [1.165, 1.54) is 56.1 Å². The van der Waals surface area contributed by atoms with Crippen molar-refractivity contribution in [2.45, 2.75) is 96.3 Å². The van der Waals surface area contributed by atoms with Crippen LogP contribution in [0, 0.1) is 34.5 Å². The Labute approximate surface area is 216 Å². The first-order valence-electron chi connectivity index (χ1n) is 13.8. The van der Waals surface area contributed by atoms with Gasteiger partial charge in [0.1, 0.15) is 23.5 Å². The average Bonchev–Trinajstić information content (AvgIpc) is 2.92. The molecule has 1 atom stereocenters. The average molecular weight is 483 g/mol. The molecule has 3 fully saturated rings. The molecule has 0 amide bonds. The maximum absolute atomic E-state index is 12.1. The van der Waals surface area contributed by atoms with Crippen LogP contribution in [0.5, 0.6) is 5.75 Å². The second kappa shape index (κ2) is 11.7. The first-order valence-corrected chi connectivity index (χ1v) is 13.8. The van der Waals surface area contributed by atoms with Crippen LogP contribution in [0.2, 0.25) is 0 Å². The smallest absolute Gasteiger partial charge is 0.311 e. The maximum atomic E-state index is 12.1. The van der Waals surface area contributed by atoms with Gasteiger partial charge in [-0.25, -0.2) is 0 Å². The molecule has 2 aromatic rings. The molecular weight excluding hydrogens is 444 g/mol. The van der Waals surface area contributed by atoms with Crippen molar-refractivity contribution in [2.24, 2.45) is 11.8 Å². The van der Waals surface area contributed by atoms with Gasteiger partial charge in [0, 0.05) is 6.42 Å². The Morgan fingerprint density at radius 2 is 1.69 bits per heavy atom. The molecule has 0 radical (unpaired) electrons. The molecule has 3 aliphatic carbocycles. The van der Waals surface area contributed by atoms with E-state index in [0.29, 0.717) is 23.8 Å². The highest BCUT2D eigenvalue weighted by atomic mass is 16.5. The number of nitriles is 2. The van der Waals surface area contributed by atoms with Crippen molar-refractivity contribution in [1.29, 1.82) is 10.5 Å². The van der Waals surface area contributed by atoms with Crippen LogP contribution in [0.25, 0.3) is 0 Å². The van der Waals surface area contributed by atoms with Crippen molar-refractivity contribution in [2.75, 3.05) is 0 Å². The quantitative estimate of drug-likeness (QED) is 0.259. The van der Waals surface area contributed by atoms with Gasteiger partial charge in [-0.2, -0.15) is 10.5 Å². The number of fused-ring (bicyclic) bond motifs is 3. The monoisotopic (exact) mass is 482 g/mol. The largest absolute Gasteiger partial charge is 0.425 e. The number of aryl methyl sites for hydroxylation is 2. The molecule has 5 rings (SSSR count). The van der Waals surface area contributed by atoms with Crippen molar-refractivity contribution in [3.63, 3.8) is 0 Å². The zero-order valence-electron chi connectivity index (χ0n) is 21.8. The van der Waals surface area contributed by atoms with Gasteiger partial charge in [-0.15, -0.1) is 0 Å². The molecule has 0 saturated heterocycles. The van der Waals surface area contributed by atoms with Gasteiger partial charge in [0.25, 0.3) is 0 Å². The van der Waals surface area contributed by atoms with Crippen molar-refractivity contribution < 1.29 is 9.53 Å². The summed E-state index contributed by atoms with van der Waals surface area (Å²) in [6.07, 6.45) is 12.8. The molecule has 3 aliphatic rings. The van der Waals surface area contributed by atoms with Gasteiger partial charge in [0.05, 0.1) is 5.56 Å². The van der Waals surface area contributed by atoms with Gasteiger partial charge in [-0.05, 0) is 97.8 Å². The lowest BCUT2D eigenvalue weighted by Crippen LogP contribution is -2.45. The third-order valence-corrected chi connectivity index (χ3v) is 8.68. The normalized spacial score (nSPS) is 22.6. The Morgan fingerprint density at radius 1 is 0.972 bits per heavy atom. The highest BCUT2D eigenvalue weighted by Gasteiger charge is 2.47. The van der Waals surface area contributed by atoms with Crippen LogP contribution in [0.3, 0.4) is 0 Å². The summed E-state index contributed by atoms with van der Waals surface area (Å²) in [6, 6.07) is 17.0. The SMILES string of the molecule is CCCCC(=O)Oc1ccc(CCc2ccc(C34CCC(CC3)CC4CCC)cc2)c(C#N)c1C#N. The fourth-order valence-electron chi connectivity index (χ4n) is 6.67. The minimum absolute atomic E-state index is 0.157. The lowest BCUT2D eigenvalue weighted by atomic mass is 9.52. The number of nitrogens with zero attached hydrogens (tertiary/aromatic N) is 2. The Bertz CT molecular complexity index is 1140. The van der Waals surface area contributed by atoms with Gasteiger partial charge in [0.2, 0.25) is 0 Å². The highest BCUT2D eigenvalue weighted by Crippen LogP contribution is 2.56. The molecule has 4 heteroatoms. The Kier molecular flexibility index (Phi) is 8.48. The molecule has 0 spiro atoms. The van der Waals surface area contributed by atoms with Crippen molar-refractivity contribution in [3.8, 4) is 17.9 Å². The van der Waals surface area contributed by atoms with Crippen LogP contribution in [0.4, 0.5) is 0 Å². The predicted octanol–water partition coefficient (Wildman–Crippen LogP) is 7.56. The number of unbranched alkanes of at least 4 members (excludes halogenated alkanes) is 1. The van der Waals surface area contributed by atoms with Gasteiger partial charge in [-0.3, -0.25) is 4.79 Å². The van der Waals surface area contributed by atoms with E-state index in [4.69, 9.17) is 4.74 Å². The van der Waals surface area contributed by atoms with Crippen LogP contribution < -0.4 is 4.74 Å². The van der Waals surface area contributed by atoms with Gasteiger partial charge in [-0.1, -0.05) is 57.0 Å². The summed E-state index contributed by atoms with van der Waals surface area (Å²) >= 11 is 0. The molecule has 2 bridgehead atoms. The zero-order chi connectivity index (χ0) is 25.5. The van der Waals surface area contributed by atoms with E-state index < -0.39 is 0 Å². The second-order valence-corrected chi connectivity index (χ2v) is 10.8. The van der Waals surface area contributed by atoms with Crippen LogP contribution >= 0.6 is 0 Å². The summed E-state index contributed by atoms with van der Waals surface area (Å²) in [7, 11) is 0. The molecule has 1 unspecified atom stereocenters. The summed E-state index contributed by atoms with van der Waals surface area (Å²) in [5.74, 6) is 1.59. The van der Waals surface area contributed by atoms with E-state index in [1.807, 2.05) is 13.0 Å². The second-order valence-electron chi connectivity index (χ2n) is 10.8. The fraction of sp³-hybridized carbons (Fsp3) is 0.531. The Hall–Kier alpha value is -3.11. The number of ether oxygens (including phenoxy) is 1. The first-order chi connectivity index (χ1) is 17.5. The topological polar surface area (TPSA) is 73.9 Å². The van der Waals surface area contributed by atoms with Crippen LogP contribution in [0.15, 0.2) is 36.4 Å². The summed E-state index contributed by atoms with van der Waals surface area (Å²) < 4.78 is 5.41. The molecule has 4 nitrogen and oxygen atoms in total. The molecule has 36 heavy (non-hydrogen) atoms.